The fourth-order valence-electron chi connectivity index (χ4n) is 1.22. The zero-order chi connectivity index (χ0) is 13.1. The van der Waals surface area contributed by atoms with Crippen LogP contribution < -0.4 is 5.32 Å². The van der Waals surface area contributed by atoms with Crippen molar-refractivity contribution in [3.05, 3.63) is 28.2 Å². The van der Waals surface area contributed by atoms with Gasteiger partial charge in [0.05, 0.1) is 10.0 Å². The monoisotopic (exact) mass is 319 g/mol. The Morgan fingerprint density at radius 2 is 2.24 bits per heavy atom. The minimum atomic E-state index is -0.429. The quantitative estimate of drug-likeness (QED) is 0.836. The summed E-state index contributed by atoms with van der Waals surface area (Å²) in [6, 6.07) is 4.70. The van der Waals surface area contributed by atoms with Crippen LogP contribution >= 0.6 is 27.5 Å². The maximum Gasteiger partial charge on any atom is 0.251 e. The fourth-order valence-corrected chi connectivity index (χ4v) is 1.72. The largest absolute Gasteiger partial charge is 0.507 e. The van der Waals surface area contributed by atoms with E-state index in [1.165, 1.54) is 6.07 Å². The van der Waals surface area contributed by atoms with Crippen LogP contribution in [-0.4, -0.2) is 22.4 Å². The molecule has 2 N–H and O–H groups in total. The first-order valence-electron chi connectivity index (χ1n) is 5.29. The van der Waals surface area contributed by atoms with Crippen LogP contribution in [0.5, 0.6) is 5.75 Å². The summed E-state index contributed by atoms with van der Waals surface area (Å²) in [5.41, 5.74) is -0.0167. The first kappa shape index (κ1) is 14.3. The van der Waals surface area contributed by atoms with Crippen LogP contribution in [-0.2, 0) is 0 Å². The summed E-state index contributed by atoms with van der Waals surface area (Å²) >= 11 is 8.99. The summed E-state index contributed by atoms with van der Waals surface area (Å²) in [5, 5.41) is 12.4. The predicted molar refractivity (Wildman–Crippen MR) is 72.7 cm³/mol. The van der Waals surface area contributed by atoms with Gasteiger partial charge in [-0.05, 0) is 47.5 Å². The molecule has 0 saturated heterocycles. The van der Waals surface area contributed by atoms with Crippen molar-refractivity contribution in [1.29, 1.82) is 0 Å². The van der Waals surface area contributed by atoms with Crippen LogP contribution in [0.2, 0.25) is 0 Å². The van der Waals surface area contributed by atoms with Gasteiger partial charge in [-0.15, -0.1) is 11.6 Å². The Bertz CT molecular complexity index is 419. The Hall–Kier alpha value is -0.740. The van der Waals surface area contributed by atoms with Gasteiger partial charge in [0.15, 0.2) is 0 Å². The van der Waals surface area contributed by atoms with E-state index in [0.717, 1.165) is 6.42 Å². The molecule has 1 rings (SSSR count). The fraction of sp³-hybridized carbons (Fsp3) is 0.417. The Morgan fingerprint density at radius 3 is 2.71 bits per heavy atom. The maximum absolute atomic E-state index is 11.9. The van der Waals surface area contributed by atoms with Crippen molar-refractivity contribution in [3.8, 4) is 5.75 Å². The van der Waals surface area contributed by atoms with Crippen molar-refractivity contribution >= 4 is 33.4 Å². The van der Waals surface area contributed by atoms with Crippen LogP contribution in [0.25, 0.3) is 0 Å². The van der Waals surface area contributed by atoms with Gasteiger partial charge in [-0.3, -0.25) is 4.79 Å². The van der Waals surface area contributed by atoms with Crippen molar-refractivity contribution in [3.63, 3.8) is 0 Å². The van der Waals surface area contributed by atoms with Gasteiger partial charge in [0.25, 0.3) is 5.91 Å². The molecule has 5 heteroatoms. The lowest BCUT2D eigenvalue weighted by Crippen LogP contribution is -2.47. The summed E-state index contributed by atoms with van der Waals surface area (Å²) in [7, 11) is 0. The molecule has 0 saturated carbocycles. The number of hydrogen-bond acceptors (Lipinski definition) is 2. The molecule has 1 unspecified atom stereocenters. The molecular weight excluding hydrogens is 305 g/mol. The highest BCUT2D eigenvalue weighted by Crippen LogP contribution is 2.24. The Labute approximate surface area is 114 Å². The molecule has 3 nitrogen and oxygen atoms in total. The van der Waals surface area contributed by atoms with Gasteiger partial charge >= 0.3 is 0 Å². The molecule has 94 valence electrons. The van der Waals surface area contributed by atoms with Crippen LogP contribution in [0.1, 0.15) is 30.6 Å². The number of carbonyl (C=O) groups excluding carboxylic acids is 1. The van der Waals surface area contributed by atoms with Gasteiger partial charge in [-0.1, -0.05) is 6.92 Å². The summed E-state index contributed by atoms with van der Waals surface area (Å²) in [6.45, 7) is 3.85. The van der Waals surface area contributed by atoms with Gasteiger partial charge in [0.1, 0.15) is 5.75 Å². The smallest absolute Gasteiger partial charge is 0.251 e. The first-order valence-corrected chi connectivity index (χ1v) is 6.61. The Kier molecular flexibility index (Phi) is 4.83. The summed E-state index contributed by atoms with van der Waals surface area (Å²) < 4.78 is 0.560. The van der Waals surface area contributed by atoms with E-state index in [0.29, 0.717) is 15.9 Å². The zero-order valence-corrected chi connectivity index (χ0v) is 12.1. The molecule has 1 amide bonds. The molecule has 1 atom stereocenters. The van der Waals surface area contributed by atoms with Crippen molar-refractivity contribution in [1.82, 2.24) is 5.32 Å². The van der Waals surface area contributed by atoms with E-state index >= 15 is 0 Å². The number of phenols is 1. The molecule has 0 fully saturated rings. The molecule has 1 aromatic rings. The molecule has 0 aromatic heterocycles. The molecule has 0 aliphatic rings. The molecule has 0 aliphatic carbocycles. The van der Waals surface area contributed by atoms with E-state index in [2.05, 4.69) is 21.2 Å². The Balaban J connectivity index is 2.86. The third-order valence-electron chi connectivity index (χ3n) is 2.70. The third-order valence-corrected chi connectivity index (χ3v) is 3.96. The number of carbonyl (C=O) groups is 1. The van der Waals surface area contributed by atoms with Gasteiger partial charge in [0, 0.05) is 11.4 Å². The molecule has 17 heavy (non-hydrogen) atoms. The first-order chi connectivity index (χ1) is 7.91. The second-order valence-electron chi connectivity index (χ2n) is 4.17. The average molecular weight is 321 g/mol. The number of amides is 1. The molecule has 0 heterocycles. The predicted octanol–water partition coefficient (Wildman–Crippen LogP) is 3.29. The van der Waals surface area contributed by atoms with Crippen molar-refractivity contribution in [2.24, 2.45) is 0 Å². The SMILES string of the molecule is CCC(C)(CCl)NC(=O)c1ccc(Br)c(O)c1. The molecular formula is C12H15BrClNO2. The van der Waals surface area contributed by atoms with E-state index in [1.54, 1.807) is 12.1 Å². The van der Waals surface area contributed by atoms with Crippen molar-refractivity contribution in [2.45, 2.75) is 25.8 Å². The normalized spacial score (nSPS) is 14.1. The summed E-state index contributed by atoms with van der Waals surface area (Å²) in [6.07, 6.45) is 0.741. The van der Waals surface area contributed by atoms with Crippen LogP contribution in [0, 0.1) is 0 Å². The molecule has 0 aliphatic heterocycles. The van der Waals surface area contributed by atoms with Crippen LogP contribution in [0.3, 0.4) is 0 Å². The number of nitrogens with one attached hydrogen (secondary N) is 1. The number of halogens is 2. The summed E-state index contributed by atoms with van der Waals surface area (Å²) in [4.78, 5) is 11.9. The van der Waals surface area contributed by atoms with E-state index < -0.39 is 5.54 Å². The second kappa shape index (κ2) is 5.74. The molecule has 0 bridgehead atoms. The van der Waals surface area contributed by atoms with E-state index in [9.17, 15) is 9.90 Å². The lowest BCUT2D eigenvalue weighted by molar-refractivity contribution is 0.0912. The molecule has 1 aromatic carbocycles. The van der Waals surface area contributed by atoms with Gasteiger partial charge in [-0.25, -0.2) is 0 Å². The van der Waals surface area contributed by atoms with Crippen LogP contribution in [0.15, 0.2) is 22.7 Å². The number of alkyl halides is 1. The van der Waals surface area contributed by atoms with E-state index in [4.69, 9.17) is 11.6 Å². The summed E-state index contributed by atoms with van der Waals surface area (Å²) in [5.74, 6) is 0.150. The topological polar surface area (TPSA) is 49.3 Å². The zero-order valence-electron chi connectivity index (χ0n) is 9.76. The highest BCUT2D eigenvalue weighted by Gasteiger charge is 2.23. The molecule has 0 radical (unpaired) electrons. The Morgan fingerprint density at radius 1 is 1.59 bits per heavy atom. The highest BCUT2D eigenvalue weighted by atomic mass is 79.9. The average Bonchev–Trinajstić information content (AvgIpc) is 2.32. The van der Waals surface area contributed by atoms with Crippen LogP contribution in [0.4, 0.5) is 0 Å². The number of aromatic hydroxyl groups is 1. The lowest BCUT2D eigenvalue weighted by atomic mass is 10.0. The van der Waals surface area contributed by atoms with E-state index in [1.807, 2.05) is 13.8 Å². The maximum atomic E-state index is 11.9. The lowest BCUT2D eigenvalue weighted by Gasteiger charge is -2.27. The number of phenolic OH excluding ortho intramolecular Hbond substituents is 1. The molecule has 0 spiro atoms. The third kappa shape index (κ3) is 3.61. The van der Waals surface area contributed by atoms with Gasteiger partial charge in [-0.2, -0.15) is 0 Å². The van der Waals surface area contributed by atoms with Gasteiger partial charge in [0.2, 0.25) is 0 Å². The number of benzene rings is 1. The minimum absolute atomic E-state index is 0.0433. The number of rotatable bonds is 4. The van der Waals surface area contributed by atoms with Crippen molar-refractivity contribution in [2.75, 3.05) is 5.88 Å². The van der Waals surface area contributed by atoms with Gasteiger partial charge < -0.3 is 10.4 Å². The van der Waals surface area contributed by atoms with Crippen molar-refractivity contribution < 1.29 is 9.90 Å². The highest BCUT2D eigenvalue weighted by molar-refractivity contribution is 9.10. The second-order valence-corrected chi connectivity index (χ2v) is 5.29. The standard InChI is InChI=1S/C12H15BrClNO2/c1-3-12(2,7-14)15-11(17)8-4-5-9(13)10(16)6-8/h4-6,16H,3,7H2,1-2H3,(H,15,17). The number of hydrogen-bond donors (Lipinski definition) is 2. The van der Waals surface area contributed by atoms with E-state index in [-0.39, 0.29) is 11.7 Å². The minimum Gasteiger partial charge on any atom is -0.507 e.